The summed E-state index contributed by atoms with van der Waals surface area (Å²) >= 11 is 14.6. The van der Waals surface area contributed by atoms with E-state index in [-0.39, 0.29) is 34.2 Å². The Bertz CT molecular complexity index is 822. The molecule has 29 heavy (non-hydrogen) atoms. The zero-order valence-electron chi connectivity index (χ0n) is 17.6. The van der Waals surface area contributed by atoms with E-state index in [9.17, 15) is 14.4 Å². The van der Waals surface area contributed by atoms with Crippen LogP contribution in [0.25, 0.3) is 0 Å². The van der Waals surface area contributed by atoms with Crippen LogP contribution in [0, 0.1) is 22.7 Å². The van der Waals surface area contributed by atoms with Gasteiger partial charge in [0.1, 0.15) is 0 Å². The highest BCUT2D eigenvalue weighted by Gasteiger charge is 2.74. The molecule has 0 aromatic heterocycles. The number of Topliss-reactive ketones (excluding diaryl/α,β-unsaturated/α-hetero) is 1. The third kappa shape index (κ3) is 2.54. The largest absolute Gasteiger partial charge is 0.451 e. The van der Waals surface area contributed by atoms with Gasteiger partial charge in [0.15, 0.2) is 17.2 Å². The Morgan fingerprint density at radius 3 is 2.41 bits per heavy atom. The van der Waals surface area contributed by atoms with Crippen molar-refractivity contribution in [3.63, 3.8) is 0 Å². The fourth-order valence-electron chi connectivity index (χ4n) is 7.56. The minimum absolute atomic E-state index is 0.102. The van der Waals surface area contributed by atoms with Crippen LogP contribution in [-0.4, -0.2) is 33.4 Å². The number of carbonyl (C=O) groups excluding carboxylic acids is 3. The van der Waals surface area contributed by atoms with Crippen LogP contribution in [0.3, 0.4) is 0 Å². The highest BCUT2D eigenvalue weighted by atomic mass is 35.5. The van der Waals surface area contributed by atoms with Crippen LogP contribution in [0.5, 0.6) is 0 Å². The van der Waals surface area contributed by atoms with Gasteiger partial charge in [0.05, 0.1) is 10.3 Å². The third-order valence-corrected chi connectivity index (χ3v) is 10.6. The first-order valence-corrected chi connectivity index (χ1v) is 11.5. The number of ether oxygens (including phenoxy) is 1. The molecule has 4 aliphatic rings. The lowest BCUT2D eigenvalue weighted by Crippen LogP contribution is -2.68. The second-order valence-corrected chi connectivity index (χ2v) is 11.2. The zero-order valence-corrected chi connectivity index (χ0v) is 19.2. The SMILES string of the molecule is CC(=O)O[C@]1(C(C)=O)CC[C@H]2[C@@H]3CCC4=CC(=O)CC[C@]4(C)[C@@]3(Cl)[C@H](Cl)C[C@@]21C. The van der Waals surface area contributed by atoms with Gasteiger partial charge in [-0.25, -0.2) is 0 Å². The molecule has 0 bridgehead atoms. The van der Waals surface area contributed by atoms with Crippen LogP contribution in [0.15, 0.2) is 11.6 Å². The molecule has 0 aliphatic heterocycles. The maximum atomic E-state index is 12.8. The summed E-state index contributed by atoms with van der Waals surface area (Å²) in [5.74, 6) is -0.0990. The van der Waals surface area contributed by atoms with Gasteiger partial charge < -0.3 is 4.74 Å². The summed E-state index contributed by atoms with van der Waals surface area (Å²) in [5.41, 5.74) is -0.872. The first-order chi connectivity index (χ1) is 13.4. The van der Waals surface area contributed by atoms with Gasteiger partial charge in [0, 0.05) is 24.2 Å². The first kappa shape index (κ1) is 21.4. The smallest absolute Gasteiger partial charge is 0.303 e. The molecule has 0 aromatic rings. The molecule has 4 nitrogen and oxygen atoms in total. The number of hydrogen-bond donors (Lipinski definition) is 0. The van der Waals surface area contributed by atoms with E-state index in [0.29, 0.717) is 25.7 Å². The van der Waals surface area contributed by atoms with Crippen molar-refractivity contribution < 1.29 is 19.1 Å². The maximum Gasteiger partial charge on any atom is 0.303 e. The Labute approximate surface area is 182 Å². The van der Waals surface area contributed by atoms with Gasteiger partial charge >= 0.3 is 5.97 Å². The molecule has 0 unspecified atom stereocenters. The highest BCUT2D eigenvalue weighted by molar-refractivity contribution is 6.33. The summed E-state index contributed by atoms with van der Waals surface area (Å²) in [6, 6.07) is 0. The Balaban J connectivity index is 1.81. The lowest BCUT2D eigenvalue weighted by atomic mass is 9.45. The Kier molecular flexibility index (Phi) is 4.83. The monoisotopic (exact) mass is 440 g/mol. The summed E-state index contributed by atoms with van der Waals surface area (Å²) < 4.78 is 5.79. The number of carbonyl (C=O) groups is 3. The van der Waals surface area contributed by atoms with Gasteiger partial charge in [0.25, 0.3) is 0 Å². The Morgan fingerprint density at radius 2 is 1.79 bits per heavy atom. The molecule has 0 aromatic carbocycles. The molecule has 0 amide bonds. The summed E-state index contributed by atoms with van der Waals surface area (Å²) in [6.45, 7) is 7.13. The Morgan fingerprint density at radius 1 is 1.10 bits per heavy atom. The average molecular weight is 441 g/mol. The number of allylic oxidation sites excluding steroid dienone is 1. The van der Waals surface area contributed by atoms with Crippen molar-refractivity contribution in [2.45, 2.75) is 88.5 Å². The van der Waals surface area contributed by atoms with Crippen molar-refractivity contribution in [2.24, 2.45) is 22.7 Å². The van der Waals surface area contributed by atoms with Gasteiger partial charge in [-0.2, -0.15) is 0 Å². The van der Waals surface area contributed by atoms with E-state index in [2.05, 4.69) is 13.8 Å². The summed E-state index contributed by atoms with van der Waals surface area (Å²) in [7, 11) is 0. The van der Waals surface area contributed by atoms with Crippen LogP contribution >= 0.6 is 23.2 Å². The molecule has 0 saturated heterocycles. The Hall–Kier alpha value is -0.870. The average Bonchev–Trinajstić information content (AvgIpc) is 2.90. The van der Waals surface area contributed by atoms with E-state index in [1.54, 1.807) is 6.08 Å². The van der Waals surface area contributed by atoms with E-state index in [1.165, 1.54) is 13.8 Å². The molecule has 0 spiro atoms. The quantitative estimate of drug-likeness (QED) is 0.448. The van der Waals surface area contributed by atoms with Crippen molar-refractivity contribution in [1.29, 1.82) is 0 Å². The van der Waals surface area contributed by atoms with Crippen LogP contribution < -0.4 is 0 Å². The van der Waals surface area contributed by atoms with Gasteiger partial charge in [0.2, 0.25) is 0 Å². The topological polar surface area (TPSA) is 60.4 Å². The third-order valence-electron chi connectivity index (χ3n) is 9.01. The molecular formula is C23H30Cl2O4. The molecule has 0 radical (unpaired) electrons. The minimum atomic E-state index is -1.13. The minimum Gasteiger partial charge on any atom is -0.451 e. The molecule has 7 atom stereocenters. The maximum absolute atomic E-state index is 12.8. The number of ketones is 2. The van der Waals surface area contributed by atoms with Gasteiger partial charge in [-0.1, -0.05) is 19.4 Å². The normalized spacial score (nSPS) is 48.8. The van der Waals surface area contributed by atoms with Gasteiger partial charge in [-0.05, 0) is 63.4 Å². The number of rotatable bonds is 2. The van der Waals surface area contributed by atoms with Crippen molar-refractivity contribution in [3.8, 4) is 0 Å². The van der Waals surface area contributed by atoms with Gasteiger partial charge in [-0.3, -0.25) is 14.4 Å². The van der Waals surface area contributed by atoms with E-state index in [0.717, 1.165) is 24.8 Å². The van der Waals surface area contributed by atoms with Crippen LogP contribution in [-0.2, 0) is 19.1 Å². The molecule has 3 saturated carbocycles. The van der Waals surface area contributed by atoms with Crippen molar-refractivity contribution in [3.05, 3.63) is 11.6 Å². The van der Waals surface area contributed by atoms with Crippen molar-refractivity contribution in [1.82, 2.24) is 0 Å². The predicted octanol–water partition coefficient (Wildman–Crippen LogP) is 4.99. The van der Waals surface area contributed by atoms with Crippen LogP contribution in [0.1, 0.15) is 72.6 Å². The second-order valence-electron chi connectivity index (χ2n) is 10.1. The first-order valence-electron chi connectivity index (χ1n) is 10.7. The lowest BCUT2D eigenvalue weighted by Gasteiger charge is -2.64. The van der Waals surface area contributed by atoms with Crippen molar-refractivity contribution >= 4 is 40.7 Å². The number of alkyl halides is 2. The van der Waals surface area contributed by atoms with Gasteiger partial charge in [-0.15, -0.1) is 23.2 Å². The highest BCUT2D eigenvalue weighted by Crippen LogP contribution is 2.72. The number of halogens is 2. The molecule has 0 heterocycles. The molecule has 0 N–H and O–H groups in total. The molecule has 3 fully saturated rings. The number of hydrogen-bond acceptors (Lipinski definition) is 4. The standard InChI is InChI=1S/C23H30Cl2O4/c1-13(26)22(29-14(2)27)10-8-17-18-6-5-15-11-16(28)7-9-20(15,3)23(18,25)19(24)12-21(17,22)4/h11,17-19H,5-10,12H2,1-4H3/t17-,18-,19+,20-,21-,22-,23-/m0/s1. The number of esters is 1. The zero-order chi connectivity index (χ0) is 21.4. The van der Waals surface area contributed by atoms with E-state index in [1.807, 2.05) is 0 Å². The van der Waals surface area contributed by atoms with Crippen LogP contribution in [0.4, 0.5) is 0 Å². The predicted molar refractivity (Wildman–Crippen MR) is 112 cm³/mol. The van der Waals surface area contributed by atoms with E-state index >= 15 is 0 Å². The lowest BCUT2D eigenvalue weighted by molar-refractivity contribution is -0.185. The second kappa shape index (κ2) is 6.56. The van der Waals surface area contributed by atoms with E-state index in [4.69, 9.17) is 27.9 Å². The summed E-state index contributed by atoms with van der Waals surface area (Å²) in [6.07, 6.45) is 6.52. The fraction of sp³-hybridized carbons (Fsp3) is 0.783. The number of fused-ring (bicyclic) bond motifs is 5. The molecule has 4 rings (SSSR count). The fourth-order valence-corrected chi connectivity index (χ4v) is 8.83. The van der Waals surface area contributed by atoms with Crippen LogP contribution in [0.2, 0.25) is 0 Å². The van der Waals surface area contributed by atoms with Crippen molar-refractivity contribution in [2.75, 3.05) is 0 Å². The molecule has 160 valence electrons. The summed E-state index contributed by atoms with van der Waals surface area (Å²) in [5, 5.41) is -0.385. The molecular weight excluding hydrogens is 411 g/mol. The molecule has 6 heteroatoms. The molecule has 4 aliphatic carbocycles. The summed E-state index contributed by atoms with van der Waals surface area (Å²) in [4.78, 5) is 36.2. The van der Waals surface area contributed by atoms with E-state index < -0.39 is 21.9 Å².